The summed E-state index contributed by atoms with van der Waals surface area (Å²) in [6, 6.07) is 8.70. The first-order chi connectivity index (χ1) is 15.3. The summed E-state index contributed by atoms with van der Waals surface area (Å²) in [5.74, 6) is 0.388. The molecule has 1 amide bonds. The standard InChI is InChI=1S/C23H26N6O3/c1-14-9-15(2)26-23(25-14)27-18-10-16(3)24-19(11-18)20-13-29(7-8-32-20)22(31)17-5-6-21(30)28(4)12-17/h5-6,9-12,20H,7-8,13H2,1-4H3,(H,24,25,26,27)/t20-/m0/s1. The van der Waals surface area contributed by atoms with E-state index >= 15 is 0 Å². The molecule has 1 saturated heterocycles. The van der Waals surface area contributed by atoms with E-state index in [1.807, 2.05) is 39.0 Å². The molecule has 4 rings (SSSR count). The lowest BCUT2D eigenvalue weighted by Gasteiger charge is -2.33. The van der Waals surface area contributed by atoms with Crippen LogP contribution in [-0.4, -0.2) is 50.0 Å². The van der Waals surface area contributed by atoms with Crippen molar-refractivity contribution in [1.82, 2.24) is 24.4 Å². The van der Waals surface area contributed by atoms with Gasteiger partial charge in [0.05, 0.1) is 24.4 Å². The number of carbonyl (C=O) groups excluding carboxylic acids is 1. The van der Waals surface area contributed by atoms with Crippen molar-refractivity contribution in [3.8, 4) is 0 Å². The smallest absolute Gasteiger partial charge is 0.255 e. The summed E-state index contributed by atoms with van der Waals surface area (Å²) in [6.45, 7) is 7.02. The Morgan fingerprint density at radius 1 is 1.06 bits per heavy atom. The van der Waals surface area contributed by atoms with Gasteiger partial charge in [-0.3, -0.25) is 14.6 Å². The highest BCUT2D eigenvalue weighted by molar-refractivity contribution is 5.94. The zero-order chi connectivity index (χ0) is 22.8. The summed E-state index contributed by atoms with van der Waals surface area (Å²) in [6.07, 6.45) is 1.20. The van der Waals surface area contributed by atoms with E-state index < -0.39 is 0 Å². The maximum Gasteiger partial charge on any atom is 0.255 e. The summed E-state index contributed by atoms with van der Waals surface area (Å²) in [4.78, 5) is 39.9. The molecular formula is C23H26N6O3. The van der Waals surface area contributed by atoms with Crippen molar-refractivity contribution >= 4 is 17.5 Å². The zero-order valence-electron chi connectivity index (χ0n) is 18.6. The molecule has 3 aromatic rings. The Balaban J connectivity index is 1.54. The molecule has 1 atom stereocenters. The van der Waals surface area contributed by atoms with Crippen LogP contribution in [0.5, 0.6) is 0 Å². The highest BCUT2D eigenvalue weighted by atomic mass is 16.5. The van der Waals surface area contributed by atoms with Gasteiger partial charge in [-0.2, -0.15) is 0 Å². The maximum absolute atomic E-state index is 13.0. The molecule has 1 aliphatic rings. The molecule has 32 heavy (non-hydrogen) atoms. The number of pyridine rings is 2. The van der Waals surface area contributed by atoms with Crippen molar-refractivity contribution in [3.05, 3.63) is 75.2 Å². The number of rotatable bonds is 4. The van der Waals surface area contributed by atoms with Gasteiger partial charge >= 0.3 is 0 Å². The van der Waals surface area contributed by atoms with Crippen molar-refractivity contribution in [2.45, 2.75) is 26.9 Å². The molecule has 0 saturated carbocycles. The average molecular weight is 435 g/mol. The second kappa shape index (κ2) is 8.88. The van der Waals surface area contributed by atoms with Gasteiger partial charge in [0, 0.05) is 48.6 Å². The summed E-state index contributed by atoms with van der Waals surface area (Å²) in [5.41, 5.74) is 4.44. The number of hydrogen-bond donors (Lipinski definition) is 1. The first kappa shape index (κ1) is 21.6. The van der Waals surface area contributed by atoms with E-state index in [2.05, 4.69) is 20.3 Å². The number of aryl methyl sites for hydroxylation is 4. The predicted molar refractivity (Wildman–Crippen MR) is 120 cm³/mol. The average Bonchev–Trinajstić information content (AvgIpc) is 2.74. The number of ether oxygens (including phenoxy) is 1. The van der Waals surface area contributed by atoms with Crippen LogP contribution in [0, 0.1) is 20.8 Å². The predicted octanol–water partition coefficient (Wildman–Crippen LogP) is 2.45. The summed E-state index contributed by atoms with van der Waals surface area (Å²) in [5, 5.41) is 3.25. The molecule has 1 N–H and O–H groups in total. The SMILES string of the molecule is Cc1cc(Nc2nc(C)cc(C)n2)cc([C@@H]2CN(C(=O)c3ccc(=O)n(C)c3)CCO2)n1. The van der Waals surface area contributed by atoms with Crippen molar-refractivity contribution in [2.75, 3.05) is 25.0 Å². The number of nitrogens with one attached hydrogen (secondary N) is 1. The van der Waals surface area contributed by atoms with Crippen molar-refractivity contribution in [2.24, 2.45) is 7.05 Å². The lowest BCUT2D eigenvalue weighted by molar-refractivity contribution is -0.0247. The van der Waals surface area contributed by atoms with Crippen LogP contribution in [0.15, 0.2) is 41.3 Å². The molecule has 0 aliphatic carbocycles. The molecule has 0 spiro atoms. The fourth-order valence-electron chi connectivity index (χ4n) is 3.76. The van der Waals surface area contributed by atoms with Crippen LogP contribution in [0.1, 0.15) is 39.2 Å². The molecule has 9 heteroatoms. The lowest BCUT2D eigenvalue weighted by Crippen LogP contribution is -2.42. The number of morpholine rings is 1. The van der Waals surface area contributed by atoms with Crippen molar-refractivity contribution < 1.29 is 9.53 Å². The largest absolute Gasteiger partial charge is 0.368 e. The number of nitrogens with zero attached hydrogens (tertiary/aromatic N) is 5. The Hall–Kier alpha value is -3.59. The van der Waals surface area contributed by atoms with Gasteiger partial charge in [0.25, 0.3) is 5.91 Å². The number of aromatic nitrogens is 4. The van der Waals surface area contributed by atoms with Crippen LogP contribution in [0.25, 0.3) is 0 Å². The lowest BCUT2D eigenvalue weighted by atomic mass is 10.1. The van der Waals surface area contributed by atoms with Gasteiger partial charge in [-0.05, 0) is 45.0 Å². The molecule has 4 heterocycles. The Morgan fingerprint density at radius 3 is 2.50 bits per heavy atom. The summed E-state index contributed by atoms with van der Waals surface area (Å²) >= 11 is 0. The van der Waals surface area contributed by atoms with E-state index in [0.29, 0.717) is 31.2 Å². The monoisotopic (exact) mass is 434 g/mol. The van der Waals surface area contributed by atoms with E-state index in [1.54, 1.807) is 24.2 Å². The summed E-state index contributed by atoms with van der Waals surface area (Å²) < 4.78 is 7.35. The van der Waals surface area contributed by atoms with Crippen LogP contribution >= 0.6 is 0 Å². The van der Waals surface area contributed by atoms with Gasteiger partial charge < -0.3 is 19.5 Å². The minimum Gasteiger partial charge on any atom is -0.368 e. The Morgan fingerprint density at radius 2 is 1.78 bits per heavy atom. The van der Waals surface area contributed by atoms with E-state index in [9.17, 15) is 9.59 Å². The van der Waals surface area contributed by atoms with Gasteiger partial charge in [0.2, 0.25) is 11.5 Å². The third-order valence-corrected chi connectivity index (χ3v) is 5.23. The van der Waals surface area contributed by atoms with E-state index in [0.717, 1.165) is 28.5 Å². The highest BCUT2D eigenvalue weighted by Crippen LogP contribution is 2.26. The van der Waals surface area contributed by atoms with Crippen LogP contribution in [0.2, 0.25) is 0 Å². The first-order valence-corrected chi connectivity index (χ1v) is 10.4. The van der Waals surface area contributed by atoms with Gasteiger partial charge in [0.15, 0.2) is 0 Å². The van der Waals surface area contributed by atoms with Crippen LogP contribution in [-0.2, 0) is 11.8 Å². The fourth-order valence-corrected chi connectivity index (χ4v) is 3.76. The van der Waals surface area contributed by atoms with Gasteiger partial charge in [0.1, 0.15) is 6.10 Å². The minimum atomic E-state index is -0.360. The minimum absolute atomic E-state index is 0.136. The molecule has 0 unspecified atom stereocenters. The van der Waals surface area contributed by atoms with Crippen LogP contribution in [0.3, 0.4) is 0 Å². The van der Waals surface area contributed by atoms with E-state index in [-0.39, 0.29) is 17.6 Å². The third kappa shape index (κ3) is 4.83. The zero-order valence-corrected chi connectivity index (χ0v) is 18.6. The molecular weight excluding hydrogens is 408 g/mol. The molecule has 3 aromatic heterocycles. The van der Waals surface area contributed by atoms with Gasteiger partial charge in [-0.1, -0.05) is 0 Å². The topological polar surface area (TPSA) is 102 Å². The van der Waals surface area contributed by atoms with E-state index in [1.165, 1.54) is 10.6 Å². The molecule has 0 bridgehead atoms. The number of carbonyl (C=O) groups is 1. The van der Waals surface area contributed by atoms with Crippen molar-refractivity contribution in [3.63, 3.8) is 0 Å². The Kier molecular flexibility index (Phi) is 6.00. The third-order valence-electron chi connectivity index (χ3n) is 5.23. The second-order valence-electron chi connectivity index (χ2n) is 8.00. The quantitative estimate of drug-likeness (QED) is 0.673. The molecule has 1 fully saturated rings. The van der Waals surface area contributed by atoms with Gasteiger partial charge in [-0.25, -0.2) is 9.97 Å². The Bertz CT molecular complexity index is 1200. The normalized spacial score (nSPS) is 16.1. The number of hydrogen-bond acceptors (Lipinski definition) is 7. The number of anilines is 2. The highest BCUT2D eigenvalue weighted by Gasteiger charge is 2.27. The number of amides is 1. The first-order valence-electron chi connectivity index (χ1n) is 10.4. The molecule has 0 radical (unpaired) electrons. The second-order valence-corrected chi connectivity index (χ2v) is 8.00. The Labute approximate surface area is 186 Å². The molecule has 1 aliphatic heterocycles. The van der Waals surface area contributed by atoms with Crippen molar-refractivity contribution in [1.29, 1.82) is 0 Å². The van der Waals surface area contributed by atoms with E-state index in [4.69, 9.17) is 4.74 Å². The van der Waals surface area contributed by atoms with Crippen LogP contribution < -0.4 is 10.9 Å². The molecule has 9 nitrogen and oxygen atoms in total. The summed E-state index contributed by atoms with van der Waals surface area (Å²) in [7, 11) is 1.63. The van der Waals surface area contributed by atoms with Crippen LogP contribution in [0.4, 0.5) is 11.6 Å². The van der Waals surface area contributed by atoms with Gasteiger partial charge in [-0.15, -0.1) is 0 Å². The molecule has 166 valence electrons. The fraction of sp³-hybridized carbons (Fsp3) is 0.348. The maximum atomic E-state index is 13.0. The molecule has 0 aromatic carbocycles.